The summed E-state index contributed by atoms with van der Waals surface area (Å²) in [4.78, 5) is 9.12. The lowest BCUT2D eigenvalue weighted by Gasteiger charge is -2.12. The van der Waals surface area contributed by atoms with Gasteiger partial charge >= 0.3 is 0 Å². The van der Waals surface area contributed by atoms with Crippen LogP contribution in [0.4, 0.5) is 0 Å². The van der Waals surface area contributed by atoms with Gasteiger partial charge in [0.15, 0.2) is 5.65 Å². The van der Waals surface area contributed by atoms with Gasteiger partial charge in [0.1, 0.15) is 11.3 Å². The summed E-state index contributed by atoms with van der Waals surface area (Å²) >= 11 is 5.83. The molecule has 4 nitrogen and oxygen atoms in total. The van der Waals surface area contributed by atoms with Crippen LogP contribution in [0, 0.1) is 6.92 Å². The van der Waals surface area contributed by atoms with Crippen molar-refractivity contribution in [1.82, 2.24) is 14.5 Å². The van der Waals surface area contributed by atoms with Crippen molar-refractivity contribution in [2.24, 2.45) is 0 Å². The highest BCUT2D eigenvalue weighted by Gasteiger charge is 2.15. The molecule has 2 aromatic heterocycles. The zero-order valence-electron chi connectivity index (χ0n) is 11.4. The van der Waals surface area contributed by atoms with Crippen LogP contribution in [0.5, 0.6) is 0 Å². The van der Waals surface area contributed by atoms with Crippen LogP contribution in [0.2, 0.25) is 0 Å². The molecule has 0 aromatic carbocycles. The van der Waals surface area contributed by atoms with Crippen molar-refractivity contribution in [1.29, 1.82) is 0 Å². The van der Waals surface area contributed by atoms with Gasteiger partial charge in [0, 0.05) is 46.8 Å². The molecular formula is C13H18ClN3OS. The Morgan fingerprint density at radius 1 is 1.42 bits per heavy atom. The molecule has 0 spiro atoms. The van der Waals surface area contributed by atoms with E-state index < -0.39 is 10.8 Å². The topological polar surface area (TPSA) is 47.8 Å². The lowest BCUT2D eigenvalue weighted by atomic mass is 10.3. The SMILES string of the molecule is Cc1ccc2nc(CCCl)n(CC(C)S(C)=O)c2n1. The van der Waals surface area contributed by atoms with Crippen LogP contribution in [0.1, 0.15) is 18.4 Å². The number of imidazole rings is 1. The minimum absolute atomic E-state index is 0.0637. The lowest BCUT2D eigenvalue weighted by Crippen LogP contribution is -2.19. The summed E-state index contributed by atoms with van der Waals surface area (Å²) in [5, 5.41) is 0.0637. The maximum atomic E-state index is 11.6. The molecule has 0 saturated carbocycles. The van der Waals surface area contributed by atoms with Gasteiger partial charge in [-0.25, -0.2) is 9.97 Å². The zero-order chi connectivity index (χ0) is 14.0. The van der Waals surface area contributed by atoms with Crippen LogP contribution in [0.3, 0.4) is 0 Å². The first-order valence-electron chi connectivity index (χ1n) is 6.24. The van der Waals surface area contributed by atoms with E-state index in [1.165, 1.54) is 0 Å². The Morgan fingerprint density at radius 3 is 2.79 bits per heavy atom. The molecule has 0 bridgehead atoms. The Balaban J connectivity index is 2.50. The van der Waals surface area contributed by atoms with E-state index in [9.17, 15) is 4.21 Å². The lowest BCUT2D eigenvalue weighted by molar-refractivity contribution is 0.633. The minimum Gasteiger partial charge on any atom is -0.311 e. The van der Waals surface area contributed by atoms with Gasteiger partial charge in [-0.2, -0.15) is 0 Å². The number of halogens is 1. The maximum Gasteiger partial charge on any atom is 0.160 e. The molecule has 0 N–H and O–H groups in total. The smallest absolute Gasteiger partial charge is 0.160 e. The molecule has 19 heavy (non-hydrogen) atoms. The van der Waals surface area contributed by atoms with E-state index in [0.29, 0.717) is 18.8 Å². The molecule has 6 heteroatoms. The molecule has 0 amide bonds. The standard InChI is InChI=1S/C13H18ClN3OS/c1-9-4-5-11-13(15-9)17(8-10(2)19(3)18)12(16-11)6-7-14/h4-5,10H,6-8H2,1-3H3. The zero-order valence-corrected chi connectivity index (χ0v) is 13.0. The van der Waals surface area contributed by atoms with Crippen LogP contribution in [-0.4, -0.2) is 36.1 Å². The summed E-state index contributed by atoms with van der Waals surface area (Å²) in [6.07, 6.45) is 2.42. The predicted octanol–water partition coefficient (Wildman–Crippen LogP) is 2.29. The van der Waals surface area contributed by atoms with Crippen LogP contribution in [-0.2, 0) is 23.8 Å². The molecule has 0 saturated heterocycles. The summed E-state index contributed by atoms with van der Waals surface area (Å²) in [5.74, 6) is 1.44. The van der Waals surface area contributed by atoms with E-state index >= 15 is 0 Å². The van der Waals surface area contributed by atoms with Crippen LogP contribution < -0.4 is 0 Å². The third-order valence-corrected chi connectivity index (χ3v) is 4.61. The number of hydrogen-bond donors (Lipinski definition) is 0. The summed E-state index contributed by atoms with van der Waals surface area (Å²) in [6.45, 7) is 4.59. The van der Waals surface area contributed by atoms with Gasteiger partial charge < -0.3 is 4.57 Å². The molecule has 2 aromatic rings. The first kappa shape index (κ1) is 14.5. The van der Waals surface area contributed by atoms with E-state index in [1.807, 2.05) is 26.0 Å². The second-order valence-electron chi connectivity index (χ2n) is 4.68. The molecule has 2 rings (SSSR count). The molecule has 0 aliphatic carbocycles. The molecule has 0 fully saturated rings. The fourth-order valence-corrected chi connectivity index (χ4v) is 2.50. The van der Waals surface area contributed by atoms with Gasteiger partial charge in [-0.05, 0) is 26.0 Å². The Morgan fingerprint density at radius 2 is 2.16 bits per heavy atom. The fraction of sp³-hybridized carbons (Fsp3) is 0.538. The number of pyridine rings is 1. The highest BCUT2D eigenvalue weighted by molar-refractivity contribution is 7.84. The Labute approximate surface area is 120 Å². The van der Waals surface area contributed by atoms with Crippen molar-refractivity contribution in [3.63, 3.8) is 0 Å². The molecular weight excluding hydrogens is 282 g/mol. The Kier molecular flexibility index (Phi) is 4.58. The third kappa shape index (κ3) is 3.15. The second-order valence-corrected chi connectivity index (χ2v) is 6.86. The van der Waals surface area contributed by atoms with Crippen molar-refractivity contribution in [2.75, 3.05) is 12.1 Å². The molecule has 0 radical (unpaired) electrons. The first-order valence-corrected chi connectivity index (χ1v) is 8.39. The van der Waals surface area contributed by atoms with Gasteiger partial charge in [-0.15, -0.1) is 11.6 Å². The van der Waals surface area contributed by atoms with E-state index in [-0.39, 0.29) is 5.25 Å². The van der Waals surface area contributed by atoms with Crippen LogP contribution in [0.15, 0.2) is 12.1 Å². The molecule has 2 atom stereocenters. The van der Waals surface area contributed by atoms with Crippen molar-refractivity contribution in [2.45, 2.75) is 32.1 Å². The number of aryl methyl sites for hydroxylation is 2. The van der Waals surface area contributed by atoms with Gasteiger partial charge in [0.25, 0.3) is 0 Å². The van der Waals surface area contributed by atoms with Crippen molar-refractivity contribution < 1.29 is 4.21 Å². The third-order valence-electron chi connectivity index (χ3n) is 3.13. The maximum absolute atomic E-state index is 11.6. The molecule has 2 heterocycles. The summed E-state index contributed by atoms with van der Waals surface area (Å²) in [7, 11) is -0.865. The number of fused-ring (bicyclic) bond motifs is 1. The minimum atomic E-state index is -0.865. The van der Waals surface area contributed by atoms with Gasteiger partial charge in [0.2, 0.25) is 0 Å². The van der Waals surface area contributed by atoms with E-state index in [2.05, 4.69) is 14.5 Å². The fourth-order valence-electron chi connectivity index (χ4n) is 1.97. The molecule has 2 unspecified atom stereocenters. The number of rotatable bonds is 5. The molecule has 0 aliphatic rings. The molecule has 104 valence electrons. The quantitative estimate of drug-likeness (QED) is 0.796. The summed E-state index contributed by atoms with van der Waals surface area (Å²) < 4.78 is 13.6. The van der Waals surface area contributed by atoms with Crippen LogP contribution in [0.25, 0.3) is 11.2 Å². The highest BCUT2D eigenvalue weighted by atomic mass is 35.5. The highest BCUT2D eigenvalue weighted by Crippen LogP contribution is 2.17. The Hall–Kier alpha value is -0.940. The number of hydrogen-bond acceptors (Lipinski definition) is 3. The van der Waals surface area contributed by atoms with Crippen LogP contribution >= 0.6 is 11.6 Å². The van der Waals surface area contributed by atoms with Crippen molar-refractivity contribution >= 4 is 33.6 Å². The average molecular weight is 300 g/mol. The molecule has 0 aliphatic heterocycles. The van der Waals surface area contributed by atoms with Gasteiger partial charge in [-0.3, -0.25) is 4.21 Å². The van der Waals surface area contributed by atoms with Gasteiger partial charge in [-0.1, -0.05) is 0 Å². The van der Waals surface area contributed by atoms with Crippen molar-refractivity contribution in [3.8, 4) is 0 Å². The predicted molar refractivity (Wildman–Crippen MR) is 80.2 cm³/mol. The van der Waals surface area contributed by atoms with E-state index in [0.717, 1.165) is 22.7 Å². The number of nitrogens with zero attached hydrogens (tertiary/aromatic N) is 3. The largest absolute Gasteiger partial charge is 0.311 e. The van der Waals surface area contributed by atoms with Crippen molar-refractivity contribution in [3.05, 3.63) is 23.7 Å². The van der Waals surface area contributed by atoms with Gasteiger partial charge in [0.05, 0.1) is 0 Å². The monoisotopic (exact) mass is 299 g/mol. The van der Waals surface area contributed by atoms with E-state index in [1.54, 1.807) is 6.26 Å². The normalized spacial score (nSPS) is 14.7. The number of alkyl halides is 1. The summed E-state index contributed by atoms with van der Waals surface area (Å²) in [5.41, 5.74) is 2.69. The Bertz CT molecular complexity index is 611. The van der Waals surface area contributed by atoms with E-state index in [4.69, 9.17) is 11.6 Å². The second kappa shape index (κ2) is 6.01. The number of aromatic nitrogens is 3. The average Bonchev–Trinajstić information content (AvgIpc) is 2.68. The summed E-state index contributed by atoms with van der Waals surface area (Å²) in [6, 6.07) is 3.92. The first-order chi connectivity index (χ1) is 9.02.